The van der Waals surface area contributed by atoms with Crippen LogP contribution in [0.5, 0.6) is 0 Å². The van der Waals surface area contributed by atoms with E-state index in [2.05, 4.69) is 13.8 Å². The SMILES string of the molecule is CCCCCCC(CCCCCC)N1C(=O)c2ccc3c4ccc5c6c(ccc(c7ccc(c2c37)C1=O)c64)C(=O)N(CCCCCCCCN1C(=O)c2ccc3c4ccc6c7c(ccc(c8ccc(c2c38)C1=O)c74)C(=O)N(C(COCCOCCOC)COCCOCCOC)C6=O)C5=O. The quantitative estimate of drug-likeness (QED) is 0.0154. The number of ether oxygens (including phenoxy) is 6. The van der Waals surface area contributed by atoms with Crippen molar-refractivity contribution >= 4 is 133 Å². The van der Waals surface area contributed by atoms with Crippen LogP contribution in [0.4, 0.5) is 0 Å². The van der Waals surface area contributed by atoms with Crippen LogP contribution < -0.4 is 0 Å². The summed E-state index contributed by atoms with van der Waals surface area (Å²) in [5.74, 6) is -2.78. The smallest absolute Gasteiger partial charge is 0.261 e. The van der Waals surface area contributed by atoms with Crippen LogP contribution in [0.15, 0.2) is 97.1 Å². The first-order valence-electron chi connectivity index (χ1n) is 36.1. The summed E-state index contributed by atoms with van der Waals surface area (Å²) >= 11 is 0. The van der Waals surface area contributed by atoms with Crippen molar-refractivity contribution in [3.8, 4) is 0 Å². The van der Waals surface area contributed by atoms with Gasteiger partial charge in [-0.3, -0.25) is 58.0 Å². The van der Waals surface area contributed by atoms with E-state index in [9.17, 15) is 38.4 Å². The van der Waals surface area contributed by atoms with Gasteiger partial charge in [-0.1, -0.05) is 139 Å². The molecule has 0 saturated heterocycles. The number of nitrogens with zero attached hydrogens (tertiary/aromatic N) is 4. The Morgan fingerprint density at radius 1 is 0.270 bits per heavy atom. The number of fused-ring (bicyclic) bond motifs is 4. The van der Waals surface area contributed by atoms with Crippen molar-refractivity contribution in [3.63, 3.8) is 0 Å². The summed E-state index contributed by atoms with van der Waals surface area (Å²) in [5.41, 5.74) is 3.63. The Hall–Kier alpha value is -8.88. The highest BCUT2D eigenvalue weighted by Crippen LogP contribution is 2.49. The van der Waals surface area contributed by atoms with Crippen LogP contribution in [0.3, 0.4) is 0 Å². The molecule has 18 nitrogen and oxygen atoms in total. The van der Waals surface area contributed by atoms with Crippen molar-refractivity contribution < 1.29 is 66.8 Å². The standard InChI is InChI=1S/C82H86N4O14/c1-5-7-9-15-19-49(20-16-10-8-6-2)85-79(91)63-33-25-55-51-21-29-59-71-60(30-22-52(67(51)71)56-26-34-64(80(85)92)73(63)69(55)56)76(88)83(75(59)87)37-17-13-11-12-14-18-38-84-77(89)61-31-23-53-57-27-35-65-74-66(36-28-58(70(57)74)54-24-32-62(78(84)90)72(61)68(53)54)82(94)86(81(65)93)50(47-99-45-43-97-41-39-95-3)48-100-46-44-98-42-40-96-4/h21-36,49-50H,5-20,37-48H2,1-4H3. The van der Waals surface area contributed by atoms with Crippen molar-refractivity contribution in [2.45, 2.75) is 129 Å². The van der Waals surface area contributed by atoms with Gasteiger partial charge in [-0.25, -0.2) is 0 Å². The van der Waals surface area contributed by atoms with E-state index in [-0.39, 0.29) is 81.0 Å². The van der Waals surface area contributed by atoms with E-state index in [4.69, 9.17) is 28.4 Å². The van der Waals surface area contributed by atoms with Gasteiger partial charge in [0.05, 0.1) is 72.1 Å². The Kier molecular flexibility index (Phi) is 20.3. The number of imide groups is 4. The molecule has 0 aliphatic carbocycles. The molecule has 10 aromatic rings. The lowest BCUT2D eigenvalue weighted by Gasteiger charge is -2.35. The van der Waals surface area contributed by atoms with Gasteiger partial charge in [0.2, 0.25) is 0 Å². The minimum atomic E-state index is -0.764. The van der Waals surface area contributed by atoms with Gasteiger partial charge in [-0.05, 0) is 139 Å². The molecule has 0 aromatic heterocycles. The fraction of sp³-hybridized carbons (Fsp3) is 0.415. The number of carbonyl (C=O) groups excluding carboxylic acids is 8. The van der Waals surface area contributed by atoms with E-state index in [1.807, 2.05) is 72.8 Å². The van der Waals surface area contributed by atoms with E-state index < -0.39 is 17.9 Å². The fourth-order valence-corrected chi connectivity index (χ4v) is 16.4. The molecule has 4 aliphatic rings. The summed E-state index contributed by atoms with van der Waals surface area (Å²) in [4.78, 5) is 122. The van der Waals surface area contributed by atoms with Crippen molar-refractivity contribution in [1.82, 2.24) is 19.6 Å². The van der Waals surface area contributed by atoms with E-state index >= 15 is 0 Å². The zero-order valence-corrected chi connectivity index (χ0v) is 57.7. The monoisotopic (exact) mass is 1350 g/mol. The highest BCUT2D eigenvalue weighted by atomic mass is 16.6. The van der Waals surface area contributed by atoms with E-state index in [1.165, 1.54) is 14.7 Å². The molecule has 8 amide bonds. The average Bonchev–Trinajstić information content (AvgIpc) is 0.704. The van der Waals surface area contributed by atoms with Crippen molar-refractivity contribution in [2.24, 2.45) is 0 Å². The Bertz CT molecular complexity index is 4620. The fourth-order valence-electron chi connectivity index (χ4n) is 16.4. The van der Waals surface area contributed by atoms with Crippen LogP contribution in [0.1, 0.15) is 199 Å². The Morgan fingerprint density at radius 2 is 0.520 bits per heavy atom. The first-order valence-corrected chi connectivity index (χ1v) is 36.1. The van der Waals surface area contributed by atoms with Gasteiger partial charge < -0.3 is 28.4 Å². The number of rotatable bonds is 37. The van der Waals surface area contributed by atoms with Gasteiger partial charge in [0, 0.05) is 99.4 Å². The van der Waals surface area contributed by atoms with Crippen molar-refractivity contribution in [2.75, 3.05) is 93.4 Å². The second kappa shape index (κ2) is 29.7. The maximum Gasteiger partial charge on any atom is 0.261 e. The molecule has 0 N–H and O–H groups in total. The highest BCUT2D eigenvalue weighted by molar-refractivity contribution is 6.43. The molecule has 0 radical (unpaired) electrons. The molecule has 0 unspecified atom stereocenters. The topological polar surface area (TPSA) is 205 Å². The Labute approximate surface area is 580 Å². The average molecular weight is 1350 g/mol. The lowest BCUT2D eigenvalue weighted by Crippen LogP contribution is -2.51. The summed E-state index contributed by atoms with van der Waals surface area (Å²) < 4.78 is 33.3. The number of methoxy groups -OCH3 is 2. The molecule has 4 aliphatic heterocycles. The van der Waals surface area contributed by atoms with Crippen LogP contribution in [0.25, 0.3) is 86.2 Å². The van der Waals surface area contributed by atoms with Crippen molar-refractivity contribution in [3.05, 3.63) is 142 Å². The summed E-state index contributed by atoms with van der Waals surface area (Å²) in [6.07, 6.45) is 14.5. The predicted octanol–water partition coefficient (Wildman–Crippen LogP) is 15.2. The predicted molar refractivity (Wildman–Crippen MR) is 387 cm³/mol. The van der Waals surface area contributed by atoms with Crippen LogP contribution in [-0.2, 0) is 28.4 Å². The van der Waals surface area contributed by atoms with Crippen LogP contribution in [-0.4, -0.2) is 172 Å². The first kappa shape index (κ1) is 68.3. The molecule has 14 rings (SSSR count). The molecular formula is C82H86N4O14. The number of benzene rings is 10. The highest BCUT2D eigenvalue weighted by Gasteiger charge is 2.42. The van der Waals surface area contributed by atoms with Crippen LogP contribution >= 0.6 is 0 Å². The molecule has 0 bridgehead atoms. The molecule has 18 heteroatoms. The Morgan fingerprint density at radius 3 is 0.810 bits per heavy atom. The zero-order chi connectivity index (χ0) is 69.3. The molecule has 518 valence electrons. The normalized spacial score (nSPS) is 14.8. The maximum absolute atomic E-state index is 14.7. The lowest BCUT2D eigenvalue weighted by atomic mass is 9.82. The first-order chi connectivity index (χ1) is 48.9. The maximum atomic E-state index is 14.7. The molecule has 0 fully saturated rings. The molecular weight excluding hydrogens is 1260 g/mol. The number of unbranched alkanes of at least 4 members (excludes halogenated alkanes) is 11. The largest absolute Gasteiger partial charge is 0.382 e. The number of hydrogen-bond donors (Lipinski definition) is 0. The van der Waals surface area contributed by atoms with Gasteiger partial charge in [0.1, 0.15) is 0 Å². The lowest BCUT2D eigenvalue weighted by molar-refractivity contribution is -0.0221. The summed E-state index contributed by atoms with van der Waals surface area (Å²) in [6, 6.07) is 29.0. The molecule has 0 spiro atoms. The minimum absolute atomic E-state index is 0.0174. The van der Waals surface area contributed by atoms with Crippen LogP contribution in [0, 0.1) is 0 Å². The summed E-state index contributed by atoms with van der Waals surface area (Å²) in [5, 5.41) is 12.3. The van der Waals surface area contributed by atoms with Crippen molar-refractivity contribution in [1.29, 1.82) is 0 Å². The van der Waals surface area contributed by atoms with Gasteiger partial charge in [-0.2, -0.15) is 0 Å². The van der Waals surface area contributed by atoms with Gasteiger partial charge in [-0.15, -0.1) is 0 Å². The number of amides is 8. The molecule has 4 heterocycles. The molecule has 0 saturated carbocycles. The minimum Gasteiger partial charge on any atom is -0.382 e. The van der Waals surface area contributed by atoms with E-state index in [0.29, 0.717) is 119 Å². The Balaban J connectivity index is 0.617. The number of hydrogen-bond acceptors (Lipinski definition) is 14. The van der Waals surface area contributed by atoms with Crippen LogP contribution in [0.2, 0.25) is 0 Å². The molecule has 100 heavy (non-hydrogen) atoms. The second-order valence-electron chi connectivity index (χ2n) is 27.3. The second-order valence-corrected chi connectivity index (χ2v) is 27.3. The number of carbonyl (C=O) groups is 8. The van der Waals surface area contributed by atoms with E-state index in [0.717, 1.165) is 155 Å². The van der Waals surface area contributed by atoms with Gasteiger partial charge in [0.25, 0.3) is 47.3 Å². The van der Waals surface area contributed by atoms with Gasteiger partial charge in [0.15, 0.2) is 0 Å². The third-order valence-corrected chi connectivity index (χ3v) is 21.3. The third-order valence-electron chi connectivity index (χ3n) is 21.3. The summed E-state index contributed by atoms with van der Waals surface area (Å²) in [6.45, 7) is 7.66. The van der Waals surface area contributed by atoms with Gasteiger partial charge >= 0.3 is 0 Å². The molecule has 0 atom stereocenters. The molecule has 10 aromatic carbocycles. The zero-order valence-electron chi connectivity index (χ0n) is 57.7. The van der Waals surface area contributed by atoms with E-state index in [1.54, 1.807) is 43.4 Å². The third kappa shape index (κ3) is 12.0. The summed E-state index contributed by atoms with van der Waals surface area (Å²) in [7, 11) is 3.19.